The predicted octanol–water partition coefficient (Wildman–Crippen LogP) is 3.45. The third-order valence-electron chi connectivity index (χ3n) is 3.94. The maximum Gasteiger partial charge on any atom is 0.242 e. The van der Waals surface area contributed by atoms with Gasteiger partial charge < -0.3 is 10.6 Å². The Morgan fingerprint density at radius 2 is 1.19 bits per heavy atom. The van der Waals surface area contributed by atoms with Crippen LogP contribution in [0.2, 0.25) is 0 Å². The summed E-state index contributed by atoms with van der Waals surface area (Å²) in [6, 6.07) is 19.5. The molecule has 0 atom stereocenters. The summed E-state index contributed by atoms with van der Waals surface area (Å²) in [5, 5.41) is 5.46. The van der Waals surface area contributed by atoms with Gasteiger partial charge in [0.2, 0.25) is 11.8 Å². The molecule has 1 aromatic carbocycles. The molecule has 0 saturated carbocycles. The van der Waals surface area contributed by atoms with Crippen molar-refractivity contribution >= 4 is 23.5 Å². The molecule has 0 fully saturated rings. The van der Waals surface area contributed by atoms with Gasteiger partial charge in [-0.3, -0.25) is 9.59 Å². The molecule has 0 aliphatic carbocycles. The number of aryl methyl sites for hydroxylation is 2. The topological polar surface area (TPSA) is 84.0 Å². The summed E-state index contributed by atoms with van der Waals surface area (Å²) in [5.41, 5.74) is 2.14. The highest BCUT2D eigenvalue weighted by Crippen LogP contribution is 2.20. The normalized spacial score (nSPS) is 10.5. The molecular formula is C21H20N4O2. The number of aromatic nitrogens is 2. The van der Waals surface area contributed by atoms with E-state index in [4.69, 9.17) is 0 Å². The van der Waals surface area contributed by atoms with Crippen LogP contribution in [-0.2, 0) is 9.59 Å². The molecule has 2 amide bonds. The van der Waals surface area contributed by atoms with Crippen LogP contribution in [0, 0.1) is 13.8 Å². The zero-order valence-corrected chi connectivity index (χ0v) is 15.1. The molecule has 2 heterocycles. The molecule has 2 N–H and O–H groups in total. The highest BCUT2D eigenvalue weighted by molar-refractivity contribution is 6.14. The zero-order chi connectivity index (χ0) is 19.2. The summed E-state index contributed by atoms with van der Waals surface area (Å²) >= 11 is 0. The number of anilines is 2. The maximum absolute atomic E-state index is 12.9. The van der Waals surface area contributed by atoms with Gasteiger partial charge >= 0.3 is 0 Å². The van der Waals surface area contributed by atoms with Gasteiger partial charge in [0.25, 0.3) is 0 Å². The minimum atomic E-state index is -1.03. The molecular weight excluding hydrogens is 340 g/mol. The van der Waals surface area contributed by atoms with Crippen molar-refractivity contribution in [3.63, 3.8) is 0 Å². The van der Waals surface area contributed by atoms with Gasteiger partial charge in [0.15, 0.2) is 0 Å². The third kappa shape index (κ3) is 4.76. The first-order valence-electron chi connectivity index (χ1n) is 8.57. The lowest BCUT2D eigenvalue weighted by Crippen LogP contribution is -2.32. The number of hydrogen-bond donors (Lipinski definition) is 2. The van der Waals surface area contributed by atoms with Crippen LogP contribution in [0.4, 0.5) is 11.6 Å². The van der Waals surface area contributed by atoms with E-state index in [1.807, 2.05) is 32.0 Å². The second-order valence-corrected chi connectivity index (χ2v) is 6.15. The Morgan fingerprint density at radius 3 is 1.63 bits per heavy atom. The molecule has 6 nitrogen and oxygen atoms in total. The van der Waals surface area contributed by atoms with Crippen molar-refractivity contribution < 1.29 is 9.59 Å². The van der Waals surface area contributed by atoms with Gasteiger partial charge in [-0.05, 0) is 43.7 Å². The molecule has 0 radical (unpaired) electrons. The molecule has 6 heteroatoms. The number of pyridine rings is 2. The van der Waals surface area contributed by atoms with Crippen LogP contribution in [0.5, 0.6) is 0 Å². The van der Waals surface area contributed by atoms with Crippen molar-refractivity contribution in [1.29, 1.82) is 0 Å². The van der Waals surface area contributed by atoms with Crippen molar-refractivity contribution in [2.75, 3.05) is 10.6 Å². The van der Waals surface area contributed by atoms with Gasteiger partial charge in [0.05, 0.1) is 0 Å². The van der Waals surface area contributed by atoms with Crippen molar-refractivity contribution in [2.24, 2.45) is 0 Å². The largest absolute Gasteiger partial charge is 0.310 e. The van der Waals surface area contributed by atoms with E-state index in [9.17, 15) is 9.59 Å². The van der Waals surface area contributed by atoms with Crippen LogP contribution >= 0.6 is 0 Å². The summed E-state index contributed by atoms with van der Waals surface area (Å²) in [6.07, 6.45) is 0. The molecule has 0 aliphatic heterocycles. The van der Waals surface area contributed by atoms with Crippen LogP contribution in [0.25, 0.3) is 0 Å². The summed E-state index contributed by atoms with van der Waals surface area (Å²) in [7, 11) is 0. The molecule has 0 bridgehead atoms. The van der Waals surface area contributed by atoms with Crippen molar-refractivity contribution in [1.82, 2.24) is 9.97 Å². The standard InChI is InChI=1S/C21H20N4O2/c1-14-8-6-12-17(22-14)24-20(26)19(16-10-4-3-5-11-16)21(27)25-18-13-7-9-15(2)23-18/h3-13,19H,1-2H3,(H,22,24,26)(H,23,25,27). The fourth-order valence-corrected chi connectivity index (χ4v) is 2.69. The molecule has 136 valence electrons. The van der Waals surface area contributed by atoms with Crippen molar-refractivity contribution in [2.45, 2.75) is 19.8 Å². The zero-order valence-electron chi connectivity index (χ0n) is 15.1. The monoisotopic (exact) mass is 360 g/mol. The Kier molecular flexibility index (Phi) is 5.56. The Labute approximate surface area is 157 Å². The quantitative estimate of drug-likeness (QED) is 0.683. The number of rotatable bonds is 5. The van der Waals surface area contributed by atoms with Crippen LogP contribution < -0.4 is 10.6 Å². The minimum Gasteiger partial charge on any atom is -0.310 e. The lowest BCUT2D eigenvalue weighted by atomic mass is 9.97. The first kappa shape index (κ1) is 18.3. The fraction of sp³-hybridized carbons (Fsp3) is 0.143. The summed E-state index contributed by atoms with van der Waals surface area (Å²) in [5.74, 6) is -1.13. The number of amides is 2. The van der Waals surface area contributed by atoms with Gasteiger partial charge in [0.1, 0.15) is 17.6 Å². The second-order valence-electron chi connectivity index (χ2n) is 6.15. The highest BCUT2D eigenvalue weighted by Gasteiger charge is 2.29. The SMILES string of the molecule is Cc1cccc(NC(=O)C(C(=O)Nc2cccc(C)n2)c2ccccc2)n1. The van der Waals surface area contributed by atoms with Gasteiger partial charge in [-0.15, -0.1) is 0 Å². The number of nitrogens with one attached hydrogen (secondary N) is 2. The summed E-state index contributed by atoms with van der Waals surface area (Å²) in [6.45, 7) is 3.67. The van der Waals surface area contributed by atoms with Crippen molar-refractivity contribution in [3.8, 4) is 0 Å². The number of carbonyl (C=O) groups excluding carboxylic acids is 2. The van der Waals surface area contributed by atoms with Crippen LogP contribution in [-0.4, -0.2) is 21.8 Å². The van der Waals surface area contributed by atoms with Crippen molar-refractivity contribution in [3.05, 3.63) is 83.7 Å². The first-order chi connectivity index (χ1) is 13.0. The average molecular weight is 360 g/mol. The molecule has 0 aliphatic rings. The Hall–Kier alpha value is -3.54. The van der Waals surface area contributed by atoms with Crippen LogP contribution in [0.3, 0.4) is 0 Å². The van der Waals surface area contributed by atoms with E-state index in [0.717, 1.165) is 11.4 Å². The van der Waals surface area contributed by atoms with E-state index in [-0.39, 0.29) is 0 Å². The van der Waals surface area contributed by atoms with E-state index >= 15 is 0 Å². The van der Waals surface area contributed by atoms with Gasteiger partial charge in [-0.2, -0.15) is 0 Å². The molecule has 0 spiro atoms. The minimum absolute atomic E-state index is 0.405. The van der Waals surface area contributed by atoms with E-state index in [0.29, 0.717) is 17.2 Å². The fourth-order valence-electron chi connectivity index (χ4n) is 2.69. The van der Waals surface area contributed by atoms with E-state index < -0.39 is 17.7 Å². The molecule has 3 aromatic rings. The van der Waals surface area contributed by atoms with Gasteiger partial charge in [-0.25, -0.2) is 9.97 Å². The number of benzene rings is 1. The van der Waals surface area contributed by atoms with E-state index in [2.05, 4.69) is 20.6 Å². The molecule has 27 heavy (non-hydrogen) atoms. The van der Waals surface area contributed by atoms with Crippen LogP contribution in [0.15, 0.2) is 66.7 Å². The van der Waals surface area contributed by atoms with Gasteiger partial charge in [-0.1, -0.05) is 42.5 Å². The molecule has 2 aromatic heterocycles. The predicted molar refractivity (Wildman–Crippen MR) is 104 cm³/mol. The second kappa shape index (κ2) is 8.23. The molecule has 0 saturated heterocycles. The highest BCUT2D eigenvalue weighted by atomic mass is 16.2. The van der Waals surface area contributed by atoms with E-state index in [1.165, 1.54) is 0 Å². The maximum atomic E-state index is 12.9. The summed E-state index contributed by atoms with van der Waals surface area (Å²) < 4.78 is 0. The van der Waals surface area contributed by atoms with Gasteiger partial charge in [0, 0.05) is 11.4 Å². The smallest absolute Gasteiger partial charge is 0.242 e. The Balaban J connectivity index is 1.86. The van der Waals surface area contributed by atoms with E-state index in [1.54, 1.807) is 48.5 Å². The Morgan fingerprint density at radius 1 is 0.704 bits per heavy atom. The average Bonchev–Trinajstić information content (AvgIpc) is 2.63. The third-order valence-corrected chi connectivity index (χ3v) is 3.94. The summed E-state index contributed by atoms with van der Waals surface area (Å²) in [4.78, 5) is 34.3. The number of nitrogens with zero attached hydrogens (tertiary/aromatic N) is 2. The molecule has 0 unspecified atom stereocenters. The Bertz CT molecular complexity index is 898. The molecule has 3 rings (SSSR count). The first-order valence-corrected chi connectivity index (χ1v) is 8.57. The lowest BCUT2D eigenvalue weighted by Gasteiger charge is -2.17. The number of hydrogen-bond acceptors (Lipinski definition) is 4. The van der Waals surface area contributed by atoms with Crippen LogP contribution in [0.1, 0.15) is 22.9 Å². The number of carbonyl (C=O) groups is 2. The lowest BCUT2D eigenvalue weighted by molar-refractivity contribution is -0.126.